The second-order valence-electron chi connectivity index (χ2n) is 4.84. The maximum atomic E-state index is 12.4. The molecule has 0 bridgehead atoms. The molecule has 1 heterocycles. The first-order chi connectivity index (χ1) is 11.3. The number of nitrogens with two attached hydrogens (primary N) is 2. The van der Waals surface area contributed by atoms with E-state index in [1.165, 1.54) is 16.9 Å². The zero-order valence-electron chi connectivity index (χ0n) is 12.3. The third-order valence-electron chi connectivity index (χ3n) is 2.96. The maximum Gasteiger partial charge on any atom is 0.275 e. The first-order valence-corrected chi connectivity index (χ1v) is 7.40. The van der Waals surface area contributed by atoms with Gasteiger partial charge in [-0.1, -0.05) is 23.2 Å². The molecule has 1 aromatic heterocycles. The molecule has 4 N–H and O–H groups in total. The second kappa shape index (κ2) is 7.33. The van der Waals surface area contributed by atoms with Crippen molar-refractivity contribution in [1.82, 2.24) is 14.7 Å². The number of carbonyl (C=O) groups excluding carboxylic acids is 3. The van der Waals surface area contributed by atoms with Gasteiger partial charge in [0.15, 0.2) is 5.69 Å². The van der Waals surface area contributed by atoms with Gasteiger partial charge in [0.05, 0.1) is 15.7 Å². The Morgan fingerprint density at radius 2 is 1.67 bits per heavy atom. The van der Waals surface area contributed by atoms with Crippen molar-refractivity contribution in [2.75, 3.05) is 13.1 Å². The quantitative estimate of drug-likeness (QED) is 0.772. The lowest BCUT2D eigenvalue weighted by molar-refractivity contribution is -0.121. The number of hydrogen-bond donors (Lipinski definition) is 2. The Labute approximate surface area is 146 Å². The lowest BCUT2D eigenvalue weighted by atomic mass is 10.3. The number of benzene rings is 1. The van der Waals surface area contributed by atoms with Crippen molar-refractivity contribution in [3.63, 3.8) is 0 Å². The second-order valence-corrected chi connectivity index (χ2v) is 5.65. The molecule has 24 heavy (non-hydrogen) atoms. The van der Waals surface area contributed by atoms with Crippen LogP contribution in [0, 0.1) is 0 Å². The van der Waals surface area contributed by atoms with E-state index in [-0.39, 0.29) is 5.69 Å². The summed E-state index contributed by atoms with van der Waals surface area (Å²) in [6.07, 6.45) is 1.53. The number of carbonyl (C=O) groups is 3. The Balaban J connectivity index is 2.26. The monoisotopic (exact) mass is 369 g/mol. The number of primary amides is 2. The highest BCUT2D eigenvalue weighted by atomic mass is 35.5. The molecular formula is C14H13Cl2N5O3. The Morgan fingerprint density at radius 1 is 1.04 bits per heavy atom. The highest BCUT2D eigenvalue weighted by molar-refractivity contribution is 6.42. The van der Waals surface area contributed by atoms with E-state index in [4.69, 9.17) is 34.7 Å². The third kappa shape index (κ3) is 4.24. The molecule has 8 nitrogen and oxygen atoms in total. The molecular weight excluding hydrogens is 357 g/mol. The highest BCUT2D eigenvalue weighted by Gasteiger charge is 2.22. The van der Waals surface area contributed by atoms with Crippen molar-refractivity contribution in [2.45, 2.75) is 0 Å². The van der Waals surface area contributed by atoms with E-state index in [0.29, 0.717) is 15.7 Å². The lowest BCUT2D eigenvalue weighted by Crippen LogP contribution is -2.43. The summed E-state index contributed by atoms with van der Waals surface area (Å²) in [5.74, 6) is -2.19. The van der Waals surface area contributed by atoms with E-state index in [1.807, 2.05) is 0 Å². The number of hydrogen-bond acceptors (Lipinski definition) is 4. The fraction of sp³-hybridized carbons (Fsp3) is 0.143. The molecule has 3 amide bonds. The zero-order chi connectivity index (χ0) is 17.9. The summed E-state index contributed by atoms with van der Waals surface area (Å²) in [5.41, 5.74) is 10.7. The minimum absolute atomic E-state index is 0.0172. The van der Waals surface area contributed by atoms with Crippen LogP contribution in [0.25, 0.3) is 5.69 Å². The predicted octanol–water partition coefficient (Wildman–Crippen LogP) is 0.592. The van der Waals surface area contributed by atoms with Crippen LogP contribution in [0.2, 0.25) is 10.0 Å². The van der Waals surface area contributed by atoms with Crippen molar-refractivity contribution in [3.8, 4) is 5.69 Å². The van der Waals surface area contributed by atoms with Gasteiger partial charge in [0, 0.05) is 6.20 Å². The van der Waals surface area contributed by atoms with Crippen molar-refractivity contribution in [1.29, 1.82) is 0 Å². The van der Waals surface area contributed by atoms with Gasteiger partial charge in [-0.2, -0.15) is 5.10 Å². The molecule has 126 valence electrons. The zero-order valence-corrected chi connectivity index (χ0v) is 13.8. The van der Waals surface area contributed by atoms with E-state index in [0.717, 1.165) is 4.90 Å². The van der Waals surface area contributed by atoms with E-state index >= 15 is 0 Å². The molecule has 1 aromatic carbocycles. The van der Waals surface area contributed by atoms with Crippen LogP contribution < -0.4 is 11.5 Å². The van der Waals surface area contributed by atoms with E-state index in [9.17, 15) is 14.4 Å². The minimum atomic E-state index is -0.770. The SMILES string of the molecule is NC(=O)CN(CC(N)=O)C(=O)c1ccn(-c2ccc(Cl)c(Cl)c2)n1. The summed E-state index contributed by atoms with van der Waals surface area (Å²) >= 11 is 11.8. The van der Waals surface area contributed by atoms with Gasteiger partial charge < -0.3 is 16.4 Å². The number of amides is 3. The molecule has 0 fully saturated rings. The van der Waals surface area contributed by atoms with Crippen LogP contribution in [-0.4, -0.2) is 45.5 Å². The molecule has 0 spiro atoms. The molecule has 0 atom stereocenters. The van der Waals surface area contributed by atoms with Gasteiger partial charge in [-0.15, -0.1) is 0 Å². The Morgan fingerprint density at radius 3 is 2.21 bits per heavy atom. The van der Waals surface area contributed by atoms with Gasteiger partial charge in [0.1, 0.15) is 13.1 Å². The Bertz CT molecular complexity index is 789. The average Bonchev–Trinajstić information content (AvgIpc) is 2.97. The van der Waals surface area contributed by atoms with Gasteiger partial charge in [0.25, 0.3) is 5.91 Å². The van der Waals surface area contributed by atoms with Gasteiger partial charge >= 0.3 is 0 Å². The van der Waals surface area contributed by atoms with Crippen molar-refractivity contribution in [3.05, 3.63) is 46.2 Å². The molecule has 0 aliphatic heterocycles. The molecule has 0 radical (unpaired) electrons. The Kier molecular flexibility index (Phi) is 5.42. The number of aromatic nitrogens is 2. The number of rotatable bonds is 6. The summed E-state index contributed by atoms with van der Waals surface area (Å²) in [5, 5.41) is 4.83. The fourth-order valence-electron chi connectivity index (χ4n) is 1.95. The van der Waals surface area contributed by atoms with Crippen LogP contribution in [-0.2, 0) is 9.59 Å². The molecule has 0 aliphatic carbocycles. The summed E-state index contributed by atoms with van der Waals surface area (Å²) in [4.78, 5) is 35.4. The van der Waals surface area contributed by atoms with E-state index in [1.54, 1.807) is 18.2 Å². The molecule has 0 unspecified atom stereocenters. The van der Waals surface area contributed by atoms with E-state index in [2.05, 4.69) is 5.10 Å². The van der Waals surface area contributed by atoms with Crippen LogP contribution >= 0.6 is 23.2 Å². The van der Waals surface area contributed by atoms with Gasteiger partial charge in [-0.3, -0.25) is 14.4 Å². The predicted molar refractivity (Wildman–Crippen MR) is 87.9 cm³/mol. The van der Waals surface area contributed by atoms with Crippen LogP contribution in [0.3, 0.4) is 0 Å². The lowest BCUT2D eigenvalue weighted by Gasteiger charge is -2.17. The normalized spacial score (nSPS) is 10.4. The minimum Gasteiger partial charge on any atom is -0.368 e. The maximum absolute atomic E-state index is 12.4. The van der Waals surface area contributed by atoms with Crippen molar-refractivity contribution >= 4 is 40.9 Å². The number of nitrogens with zero attached hydrogens (tertiary/aromatic N) is 3. The molecule has 0 saturated carbocycles. The topological polar surface area (TPSA) is 124 Å². The van der Waals surface area contributed by atoms with Gasteiger partial charge in [0.2, 0.25) is 11.8 Å². The first kappa shape index (κ1) is 17.8. The average molecular weight is 370 g/mol. The fourth-order valence-corrected chi connectivity index (χ4v) is 2.24. The number of halogens is 2. The van der Waals surface area contributed by atoms with Crippen molar-refractivity contribution in [2.24, 2.45) is 11.5 Å². The molecule has 10 heteroatoms. The summed E-state index contributed by atoms with van der Waals surface area (Å²) in [6, 6.07) is 6.27. The molecule has 2 rings (SSSR count). The molecule has 2 aromatic rings. The summed E-state index contributed by atoms with van der Waals surface area (Å²) in [7, 11) is 0. The summed E-state index contributed by atoms with van der Waals surface area (Å²) < 4.78 is 1.40. The van der Waals surface area contributed by atoms with Crippen LogP contribution in [0.5, 0.6) is 0 Å². The van der Waals surface area contributed by atoms with Gasteiger partial charge in [-0.25, -0.2) is 4.68 Å². The van der Waals surface area contributed by atoms with Crippen LogP contribution in [0.15, 0.2) is 30.5 Å². The van der Waals surface area contributed by atoms with Crippen LogP contribution in [0.4, 0.5) is 0 Å². The molecule has 0 saturated heterocycles. The smallest absolute Gasteiger partial charge is 0.275 e. The van der Waals surface area contributed by atoms with Crippen molar-refractivity contribution < 1.29 is 14.4 Å². The first-order valence-electron chi connectivity index (χ1n) is 6.65. The van der Waals surface area contributed by atoms with E-state index < -0.39 is 30.8 Å². The highest BCUT2D eigenvalue weighted by Crippen LogP contribution is 2.24. The molecule has 0 aliphatic rings. The van der Waals surface area contributed by atoms with Gasteiger partial charge in [-0.05, 0) is 24.3 Å². The standard InChI is InChI=1S/C14H13Cl2N5O3/c15-9-2-1-8(5-10(9)16)21-4-3-11(19-21)14(24)20(6-12(17)22)7-13(18)23/h1-5H,6-7H2,(H2,17,22)(H2,18,23). The Hall–Kier alpha value is -2.58. The largest absolute Gasteiger partial charge is 0.368 e. The summed E-state index contributed by atoms with van der Waals surface area (Å²) in [6.45, 7) is -0.886. The van der Waals surface area contributed by atoms with Crippen LogP contribution in [0.1, 0.15) is 10.5 Å². The third-order valence-corrected chi connectivity index (χ3v) is 3.70.